The second-order valence-electron chi connectivity index (χ2n) is 3.78. The molecule has 0 amide bonds. The lowest BCUT2D eigenvalue weighted by Crippen LogP contribution is -2.24. The lowest BCUT2D eigenvalue weighted by molar-refractivity contribution is -0.149. The Morgan fingerprint density at radius 1 is 1.36 bits per heavy atom. The fourth-order valence-electron chi connectivity index (χ4n) is 1.95. The number of nitrogens with zero attached hydrogens (tertiary/aromatic N) is 1. The van der Waals surface area contributed by atoms with Gasteiger partial charge in [0.25, 0.3) is 0 Å². The second-order valence-corrected chi connectivity index (χ2v) is 3.78. The molecule has 0 spiro atoms. The molecule has 4 nitrogen and oxygen atoms in total. The van der Waals surface area contributed by atoms with Crippen LogP contribution in [0.5, 0.6) is 0 Å². The van der Waals surface area contributed by atoms with E-state index >= 15 is 0 Å². The summed E-state index contributed by atoms with van der Waals surface area (Å²) in [4.78, 5) is 21.4. The van der Waals surface area contributed by atoms with Gasteiger partial charge in [0, 0.05) is 0 Å². The zero-order chi connectivity index (χ0) is 10.4. The molecule has 0 atom stereocenters. The number of hydrogen-bond acceptors (Lipinski definition) is 4. The van der Waals surface area contributed by atoms with Crippen LogP contribution in [0.15, 0.2) is 5.18 Å². The van der Waals surface area contributed by atoms with Crippen molar-refractivity contribution in [2.45, 2.75) is 32.6 Å². The van der Waals surface area contributed by atoms with Crippen LogP contribution in [0.25, 0.3) is 0 Å². The quantitative estimate of drug-likeness (QED) is 0.514. The molecule has 1 fully saturated rings. The maximum absolute atomic E-state index is 11.4. The van der Waals surface area contributed by atoms with Crippen molar-refractivity contribution >= 4 is 5.97 Å². The number of carbonyl (C=O) groups excluding carboxylic acids is 1. The fraction of sp³-hybridized carbons (Fsp3) is 0.900. The summed E-state index contributed by atoms with van der Waals surface area (Å²) in [5.74, 6) is 0.362. The summed E-state index contributed by atoms with van der Waals surface area (Å²) in [5.41, 5.74) is 0. The standard InChI is InChI=1S/C10H17NO3/c1-2-14-10(12)9-5-3-8(4-6-9)7-11-13/h8-9H,2-7H2,1H3. The van der Waals surface area contributed by atoms with Gasteiger partial charge in [0.05, 0.1) is 19.1 Å². The van der Waals surface area contributed by atoms with Crippen LogP contribution in [-0.4, -0.2) is 19.1 Å². The Kier molecular flexibility index (Phi) is 4.56. The predicted molar refractivity (Wildman–Crippen MR) is 52.7 cm³/mol. The Hall–Kier alpha value is -0.930. The molecular formula is C10H17NO3. The summed E-state index contributed by atoms with van der Waals surface area (Å²) < 4.78 is 4.95. The van der Waals surface area contributed by atoms with Gasteiger partial charge in [-0.1, -0.05) is 5.18 Å². The third kappa shape index (κ3) is 3.09. The van der Waals surface area contributed by atoms with Crippen molar-refractivity contribution in [2.24, 2.45) is 17.0 Å². The first-order valence-electron chi connectivity index (χ1n) is 5.23. The van der Waals surface area contributed by atoms with Gasteiger partial charge in [-0.15, -0.1) is 0 Å². The highest BCUT2D eigenvalue weighted by molar-refractivity contribution is 5.72. The summed E-state index contributed by atoms with van der Waals surface area (Å²) in [6, 6.07) is 0. The van der Waals surface area contributed by atoms with E-state index in [1.807, 2.05) is 6.92 Å². The van der Waals surface area contributed by atoms with Crippen LogP contribution < -0.4 is 0 Å². The largest absolute Gasteiger partial charge is 0.466 e. The van der Waals surface area contributed by atoms with E-state index in [0.717, 1.165) is 25.7 Å². The Balaban J connectivity index is 2.27. The number of rotatable bonds is 4. The van der Waals surface area contributed by atoms with E-state index in [9.17, 15) is 9.70 Å². The Bertz CT molecular complexity index is 198. The Morgan fingerprint density at radius 2 is 2.00 bits per heavy atom. The molecule has 0 heterocycles. The van der Waals surface area contributed by atoms with Crippen LogP contribution >= 0.6 is 0 Å². The molecule has 0 aliphatic heterocycles. The van der Waals surface area contributed by atoms with Gasteiger partial charge >= 0.3 is 5.97 Å². The van der Waals surface area contributed by atoms with Gasteiger partial charge in [-0.05, 0) is 38.5 Å². The average Bonchev–Trinajstić information content (AvgIpc) is 2.20. The molecule has 1 aliphatic carbocycles. The molecule has 14 heavy (non-hydrogen) atoms. The number of ether oxygens (including phenoxy) is 1. The van der Waals surface area contributed by atoms with Crippen LogP contribution in [0, 0.1) is 16.7 Å². The van der Waals surface area contributed by atoms with E-state index < -0.39 is 0 Å². The zero-order valence-electron chi connectivity index (χ0n) is 8.57. The number of hydrogen-bond donors (Lipinski definition) is 0. The van der Waals surface area contributed by atoms with E-state index in [1.54, 1.807) is 0 Å². The number of carbonyl (C=O) groups is 1. The van der Waals surface area contributed by atoms with Crippen molar-refractivity contribution in [3.8, 4) is 0 Å². The molecule has 0 radical (unpaired) electrons. The summed E-state index contributed by atoms with van der Waals surface area (Å²) in [6.45, 7) is 2.67. The molecule has 0 aromatic carbocycles. The summed E-state index contributed by atoms with van der Waals surface area (Å²) >= 11 is 0. The minimum absolute atomic E-state index is 0.0536. The van der Waals surface area contributed by atoms with Gasteiger partial charge in [-0.2, -0.15) is 4.91 Å². The third-order valence-electron chi connectivity index (χ3n) is 2.80. The van der Waals surface area contributed by atoms with E-state index in [2.05, 4.69) is 5.18 Å². The van der Waals surface area contributed by atoms with E-state index in [-0.39, 0.29) is 11.9 Å². The minimum atomic E-state index is -0.0787. The summed E-state index contributed by atoms with van der Waals surface area (Å²) in [5, 5.41) is 2.90. The normalized spacial score (nSPS) is 26.9. The predicted octanol–water partition coefficient (Wildman–Crippen LogP) is 2.12. The van der Waals surface area contributed by atoms with E-state index in [1.165, 1.54) is 0 Å². The maximum Gasteiger partial charge on any atom is 0.308 e. The van der Waals surface area contributed by atoms with Gasteiger partial charge in [0.2, 0.25) is 0 Å². The highest BCUT2D eigenvalue weighted by atomic mass is 16.5. The molecule has 0 saturated heterocycles. The fourth-order valence-corrected chi connectivity index (χ4v) is 1.95. The van der Waals surface area contributed by atoms with Crippen LogP contribution in [0.2, 0.25) is 0 Å². The first-order chi connectivity index (χ1) is 6.77. The van der Waals surface area contributed by atoms with Crippen LogP contribution in [-0.2, 0) is 9.53 Å². The lowest BCUT2D eigenvalue weighted by Gasteiger charge is -2.25. The molecule has 4 heteroatoms. The summed E-state index contributed by atoms with van der Waals surface area (Å²) in [6.07, 6.45) is 3.54. The molecule has 0 bridgehead atoms. The minimum Gasteiger partial charge on any atom is -0.466 e. The zero-order valence-corrected chi connectivity index (χ0v) is 8.57. The third-order valence-corrected chi connectivity index (χ3v) is 2.80. The molecule has 0 aromatic heterocycles. The average molecular weight is 199 g/mol. The van der Waals surface area contributed by atoms with Crippen molar-refractivity contribution in [3.63, 3.8) is 0 Å². The second kappa shape index (κ2) is 5.73. The number of esters is 1. The highest BCUT2D eigenvalue weighted by Gasteiger charge is 2.27. The van der Waals surface area contributed by atoms with Gasteiger partial charge in [0.1, 0.15) is 0 Å². The monoisotopic (exact) mass is 199 g/mol. The van der Waals surface area contributed by atoms with E-state index in [4.69, 9.17) is 4.74 Å². The first kappa shape index (κ1) is 11.1. The van der Waals surface area contributed by atoms with Gasteiger partial charge in [0.15, 0.2) is 0 Å². The molecule has 0 unspecified atom stereocenters. The summed E-state index contributed by atoms with van der Waals surface area (Å²) in [7, 11) is 0. The molecule has 1 aliphatic rings. The van der Waals surface area contributed by atoms with Gasteiger partial charge in [-0.3, -0.25) is 4.79 Å². The van der Waals surface area contributed by atoms with Crippen LogP contribution in [0.3, 0.4) is 0 Å². The highest BCUT2D eigenvalue weighted by Crippen LogP contribution is 2.29. The number of nitroso groups, excluding NO2 is 1. The van der Waals surface area contributed by atoms with Gasteiger partial charge < -0.3 is 4.74 Å². The maximum atomic E-state index is 11.4. The first-order valence-corrected chi connectivity index (χ1v) is 5.23. The molecule has 1 rings (SSSR count). The molecule has 0 aromatic rings. The SMILES string of the molecule is CCOC(=O)C1CCC(CN=O)CC1. The van der Waals surface area contributed by atoms with E-state index in [0.29, 0.717) is 19.1 Å². The van der Waals surface area contributed by atoms with Crippen LogP contribution in [0.4, 0.5) is 0 Å². The van der Waals surface area contributed by atoms with Crippen molar-refractivity contribution in [1.82, 2.24) is 0 Å². The van der Waals surface area contributed by atoms with Crippen molar-refractivity contribution in [2.75, 3.05) is 13.2 Å². The molecular weight excluding hydrogens is 182 g/mol. The lowest BCUT2D eigenvalue weighted by atomic mass is 9.82. The van der Waals surface area contributed by atoms with Gasteiger partial charge in [-0.25, -0.2) is 0 Å². The Labute approximate surface area is 84.0 Å². The molecule has 0 N–H and O–H groups in total. The van der Waals surface area contributed by atoms with Crippen LogP contribution in [0.1, 0.15) is 32.6 Å². The molecule has 1 saturated carbocycles. The van der Waals surface area contributed by atoms with Crippen molar-refractivity contribution in [3.05, 3.63) is 4.91 Å². The smallest absolute Gasteiger partial charge is 0.308 e. The molecule has 80 valence electrons. The van der Waals surface area contributed by atoms with Crippen molar-refractivity contribution < 1.29 is 9.53 Å². The topological polar surface area (TPSA) is 55.7 Å². The Morgan fingerprint density at radius 3 is 2.50 bits per heavy atom. The van der Waals surface area contributed by atoms with Crippen molar-refractivity contribution in [1.29, 1.82) is 0 Å².